The van der Waals surface area contributed by atoms with Crippen LogP contribution in [0.15, 0.2) is 53.4 Å². The smallest absolute Gasteiger partial charge is 0.322 e. The van der Waals surface area contributed by atoms with E-state index >= 15 is 0 Å². The largest absolute Gasteiger partial charge is 0.508 e. The second-order valence-electron chi connectivity index (χ2n) is 5.50. The number of aliphatic carboxylic acids is 1. The van der Waals surface area contributed by atoms with E-state index in [-0.39, 0.29) is 10.6 Å². The molecule has 8 heteroatoms. The topological polar surface area (TPSA) is 104 Å². The van der Waals surface area contributed by atoms with Crippen LogP contribution in [0.5, 0.6) is 5.75 Å². The molecule has 0 saturated carbocycles. The van der Waals surface area contributed by atoms with Gasteiger partial charge in [0.2, 0.25) is 10.0 Å². The molecule has 3 N–H and O–H groups in total. The summed E-state index contributed by atoms with van der Waals surface area (Å²) in [6.07, 6.45) is 0.394. The molecule has 0 aromatic heterocycles. The fourth-order valence-corrected chi connectivity index (χ4v) is 3.89. The summed E-state index contributed by atoms with van der Waals surface area (Å²) in [4.78, 5) is 11.6. The minimum Gasteiger partial charge on any atom is -0.508 e. The number of carboxylic acids is 1. The highest BCUT2D eigenvalue weighted by molar-refractivity contribution is 7.89. The lowest BCUT2D eigenvalue weighted by Gasteiger charge is -2.24. The predicted molar refractivity (Wildman–Crippen MR) is 94.3 cm³/mol. The van der Waals surface area contributed by atoms with Crippen molar-refractivity contribution in [3.8, 4) is 5.75 Å². The maximum absolute atomic E-state index is 12.5. The van der Waals surface area contributed by atoms with E-state index in [1.807, 2.05) is 0 Å². The average Bonchev–Trinajstić information content (AvgIpc) is 2.56. The van der Waals surface area contributed by atoms with Crippen LogP contribution in [0.1, 0.15) is 24.8 Å². The van der Waals surface area contributed by atoms with Gasteiger partial charge in [-0.15, -0.1) is 0 Å². The first-order valence-electron chi connectivity index (χ1n) is 7.54. The molecule has 0 aliphatic rings. The monoisotopic (exact) mass is 383 g/mol. The normalized spacial score (nSPS) is 14.0. The van der Waals surface area contributed by atoms with Gasteiger partial charge >= 0.3 is 5.97 Å². The summed E-state index contributed by atoms with van der Waals surface area (Å²) < 4.78 is 27.3. The van der Waals surface area contributed by atoms with Crippen LogP contribution in [0.2, 0.25) is 5.02 Å². The molecule has 25 heavy (non-hydrogen) atoms. The van der Waals surface area contributed by atoms with Crippen molar-refractivity contribution in [2.75, 3.05) is 0 Å². The highest BCUT2D eigenvalue weighted by Gasteiger charge is 2.32. The molecule has 0 spiro atoms. The van der Waals surface area contributed by atoms with Gasteiger partial charge in [-0.3, -0.25) is 4.79 Å². The Bertz CT molecular complexity index is 834. The third kappa shape index (κ3) is 4.72. The Balaban J connectivity index is 2.34. The molecule has 0 heterocycles. The van der Waals surface area contributed by atoms with Gasteiger partial charge in [0.1, 0.15) is 11.8 Å². The number of sulfonamides is 1. The number of nitrogens with one attached hydrogen (secondary N) is 1. The number of phenols is 1. The van der Waals surface area contributed by atoms with E-state index in [0.29, 0.717) is 17.0 Å². The number of benzene rings is 2. The van der Waals surface area contributed by atoms with Crippen molar-refractivity contribution in [3.05, 3.63) is 59.1 Å². The molecular weight excluding hydrogens is 366 g/mol. The van der Waals surface area contributed by atoms with Crippen LogP contribution in [0.4, 0.5) is 0 Å². The van der Waals surface area contributed by atoms with Gasteiger partial charge in [-0.1, -0.05) is 30.7 Å². The van der Waals surface area contributed by atoms with Crippen molar-refractivity contribution in [1.29, 1.82) is 0 Å². The molecule has 0 fully saturated rings. The lowest BCUT2D eigenvalue weighted by molar-refractivity contribution is -0.139. The molecule has 0 saturated heterocycles. The summed E-state index contributed by atoms with van der Waals surface area (Å²) in [5, 5.41) is 19.3. The summed E-state index contributed by atoms with van der Waals surface area (Å²) in [6, 6.07) is 10.1. The highest BCUT2D eigenvalue weighted by Crippen LogP contribution is 2.27. The highest BCUT2D eigenvalue weighted by atomic mass is 35.5. The van der Waals surface area contributed by atoms with E-state index < -0.39 is 28.0 Å². The quantitative estimate of drug-likeness (QED) is 0.681. The Hall–Kier alpha value is -2.09. The van der Waals surface area contributed by atoms with Crippen LogP contribution in [0.25, 0.3) is 0 Å². The van der Waals surface area contributed by atoms with Crippen LogP contribution >= 0.6 is 11.6 Å². The number of halogens is 1. The standard InChI is InChI=1S/C17H18ClNO5S/c1-2-15(11-3-7-13(20)8-4-11)16(17(21)22)19-25(23,24)14-9-5-12(18)6-10-14/h3-10,15-16,19-20H,2H2,1H3,(H,21,22). The van der Waals surface area contributed by atoms with Gasteiger partial charge in [0, 0.05) is 10.9 Å². The van der Waals surface area contributed by atoms with Crippen molar-refractivity contribution in [1.82, 2.24) is 4.72 Å². The summed E-state index contributed by atoms with van der Waals surface area (Å²) in [7, 11) is -4.03. The zero-order chi connectivity index (χ0) is 18.6. The molecule has 6 nitrogen and oxygen atoms in total. The van der Waals surface area contributed by atoms with E-state index in [4.69, 9.17) is 11.6 Å². The van der Waals surface area contributed by atoms with Crippen molar-refractivity contribution in [3.63, 3.8) is 0 Å². The van der Waals surface area contributed by atoms with Crippen LogP contribution in [0.3, 0.4) is 0 Å². The molecule has 0 aliphatic heterocycles. The first kappa shape index (κ1) is 19.2. The molecule has 2 aromatic rings. The summed E-state index contributed by atoms with van der Waals surface area (Å²) >= 11 is 5.75. The van der Waals surface area contributed by atoms with Crippen LogP contribution in [-0.2, 0) is 14.8 Å². The number of hydrogen-bond acceptors (Lipinski definition) is 4. The molecule has 0 aliphatic carbocycles. The lowest BCUT2D eigenvalue weighted by Crippen LogP contribution is -2.44. The van der Waals surface area contributed by atoms with E-state index in [1.54, 1.807) is 19.1 Å². The first-order chi connectivity index (χ1) is 11.7. The van der Waals surface area contributed by atoms with Gasteiger partial charge in [-0.05, 0) is 48.4 Å². The Morgan fingerprint density at radius 3 is 2.16 bits per heavy atom. The minimum absolute atomic E-state index is 0.0484. The van der Waals surface area contributed by atoms with E-state index in [9.17, 15) is 23.4 Å². The van der Waals surface area contributed by atoms with Crippen molar-refractivity contribution >= 4 is 27.6 Å². The maximum Gasteiger partial charge on any atom is 0.322 e. The SMILES string of the molecule is CCC(c1ccc(O)cc1)C(NS(=O)(=O)c1ccc(Cl)cc1)C(=O)O. The van der Waals surface area contributed by atoms with Gasteiger partial charge in [0.05, 0.1) is 4.90 Å². The van der Waals surface area contributed by atoms with Gasteiger partial charge in [-0.2, -0.15) is 4.72 Å². The van der Waals surface area contributed by atoms with E-state index in [0.717, 1.165) is 0 Å². The fraction of sp³-hybridized carbons (Fsp3) is 0.235. The summed E-state index contributed by atoms with van der Waals surface area (Å²) in [5.41, 5.74) is 0.617. The Labute approximate surface area is 151 Å². The number of rotatable bonds is 7. The van der Waals surface area contributed by atoms with Gasteiger partial charge in [0.25, 0.3) is 0 Å². The number of phenolic OH excluding ortho intramolecular Hbond substituents is 1. The Morgan fingerprint density at radius 1 is 1.12 bits per heavy atom. The first-order valence-corrected chi connectivity index (χ1v) is 9.40. The van der Waals surface area contributed by atoms with Crippen LogP contribution in [0, 0.1) is 0 Å². The molecule has 2 atom stereocenters. The number of aromatic hydroxyl groups is 1. The Morgan fingerprint density at radius 2 is 1.68 bits per heavy atom. The molecule has 0 amide bonds. The van der Waals surface area contributed by atoms with Crippen molar-refractivity contribution in [2.45, 2.75) is 30.2 Å². The second kappa shape index (κ2) is 7.86. The van der Waals surface area contributed by atoms with E-state index in [2.05, 4.69) is 4.72 Å². The molecule has 134 valence electrons. The van der Waals surface area contributed by atoms with Gasteiger partial charge in [-0.25, -0.2) is 8.42 Å². The number of carbonyl (C=O) groups is 1. The summed E-state index contributed by atoms with van der Waals surface area (Å²) in [6.45, 7) is 1.77. The minimum atomic E-state index is -4.03. The molecule has 0 bridgehead atoms. The fourth-order valence-electron chi connectivity index (χ4n) is 2.54. The zero-order valence-electron chi connectivity index (χ0n) is 13.4. The lowest BCUT2D eigenvalue weighted by atomic mass is 9.89. The molecule has 2 aromatic carbocycles. The van der Waals surface area contributed by atoms with Crippen molar-refractivity contribution < 1.29 is 23.4 Å². The average molecular weight is 384 g/mol. The molecular formula is C17H18ClNO5S. The van der Waals surface area contributed by atoms with Gasteiger partial charge < -0.3 is 10.2 Å². The number of carboxylic acid groups (broad SMARTS) is 1. The third-order valence-corrected chi connectivity index (χ3v) is 5.54. The van der Waals surface area contributed by atoms with Gasteiger partial charge in [0.15, 0.2) is 0 Å². The predicted octanol–water partition coefficient (Wildman–Crippen LogP) is 2.97. The molecule has 0 radical (unpaired) electrons. The molecule has 2 unspecified atom stereocenters. The number of hydrogen-bond donors (Lipinski definition) is 3. The second-order valence-corrected chi connectivity index (χ2v) is 7.65. The summed E-state index contributed by atoms with van der Waals surface area (Å²) in [5.74, 6) is -1.83. The maximum atomic E-state index is 12.5. The third-order valence-electron chi connectivity index (χ3n) is 3.84. The van der Waals surface area contributed by atoms with E-state index in [1.165, 1.54) is 36.4 Å². The van der Waals surface area contributed by atoms with Crippen LogP contribution < -0.4 is 4.72 Å². The van der Waals surface area contributed by atoms with Crippen LogP contribution in [-0.4, -0.2) is 30.6 Å². The Kier molecular flexibility index (Phi) is 6.05. The van der Waals surface area contributed by atoms with Crippen molar-refractivity contribution in [2.24, 2.45) is 0 Å². The molecule has 2 rings (SSSR count). The zero-order valence-corrected chi connectivity index (χ0v) is 15.0.